The second kappa shape index (κ2) is 3.46. The minimum absolute atomic E-state index is 0.207. The van der Waals surface area contributed by atoms with Gasteiger partial charge >= 0.3 is 0 Å². The largest absolute Gasteiger partial charge is 0.0795 e. The first-order valence-corrected chi connectivity index (χ1v) is 6.29. The van der Waals surface area contributed by atoms with Gasteiger partial charge < -0.3 is 0 Å². The summed E-state index contributed by atoms with van der Waals surface area (Å²) in [6, 6.07) is 11.2. The lowest BCUT2D eigenvalue weighted by Crippen LogP contribution is -2.14. The molecule has 2 aromatic rings. The third-order valence-corrected chi connectivity index (χ3v) is 3.60. The molecule has 0 radical (unpaired) electrons. The van der Waals surface area contributed by atoms with Crippen LogP contribution in [-0.2, 0) is 11.8 Å². The fourth-order valence-corrected chi connectivity index (χ4v) is 2.79. The second-order valence-electron chi connectivity index (χ2n) is 5.90. The zero-order valence-electron chi connectivity index (χ0n) is 10.7. The van der Waals surface area contributed by atoms with Crippen LogP contribution in [0.5, 0.6) is 0 Å². The van der Waals surface area contributed by atoms with Gasteiger partial charge in [0.25, 0.3) is 0 Å². The lowest BCUT2D eigenvalue weighted by Gasteiger charge is -2.25. The van der Waals surface area contributed by atoms with Gasteiger partial charge in [-0.3, -0.25) is 0 Å². The summed E-state index contributed by atoms with van der Waals surface area (Å²) < 4.78 is 0. The van der Waals surface area contributed by atoms with Crippen LogP contribution in [0.1, 0.15) is 37.5 Å². The van der Waals surface area contributed by atoms with Crippen LogP contribution in [0.25, 0.3) is 16.8 Å². The Hall–Kier alpha value is -1.56. The molecule has 2 aromatic carbocycles. The molecule has 1 aliphatic rings. The van der Waals surface area contributed by atoms with E-state index in [4.69, 9.17) is 0 Å². The molecule has 0 atom stereocenters. The zero-order valence-corrected chi connectivity index (χ0v) is 10.7. The molecule has 0 heterocycles. The van der Waals surface area contributed by atoms with Gasteiger partial charge in [-0.25, -0.2) is 0 Å². The highest BCUT2D eigenvalue weighted by Gasteiger charge is 2.20. The van der Waals surface area contributed by atoms with E-state index in [0.717, 1.165) is 6.42 Å². The quantitative estimate of drug-likeness (QED) is 0.605. The maximum absolute atomic E-state index is 2.30. The lowest BCUT2D eigenvalue weighted by molar-refractivity contribution is 0.590. The summed E-state index contributed by atoms with van der Waals surface area (Å²) in [4.78, 5) is 0. The van der Waals surface area contributed by atoms with Gasteiger partial charge in [0.15, 0.2) is 0 Å². The van der Waals surface area contributed by atoms with Gasteiger partial charge in [-0.15, -0.1) is 0 Å². The highest BCUT2D eigenvalue weighted by atomic mass is 14.2. The van der Waals surface area contributed by atoms with Crippen molar-refractivity contribution in [3.63, 3.8) is 0 Å². The number of benzene rings is 2. The Morgan fingerprint density at radius 2 is 1.82 bits per heavy atom. The van der Waals surface area contributed by atoms with Crippen LogP contribution in [0.15, 0.2) is 36.4 Å². The maximum Gasteiger partial charge on any atom is -0.00733 e. The van der Waals surface area contributed by atoms with Gasteiger partial charge in [0.1, 0.15) is 0 Å². The predicted octanol–water partition coefficient (Wildman–Crippen LogP) is 4.71. The molecule has 0 saturated heterocycles. The lowest BCUT2D eigenvalue weighted by atomic mass is 9.79. The number of hydrogen-bond donors (Lipinski definition) is 0. The normalized spacial score (nSPS) is 14.3. The van der Waals surface area contributed by atoms with Crippen molar-refractivity contribution in [2.45, 2.75) is 32.6 Å². The molecule has 17 heavy (non-hydrogen) atoms. The third-order valence-electron chi connectivity index (χ3n) is 3.60. The maximum atomic E-state index is 2.30. The van der Waals surface area contributed by atoms with Gasteiger partial charge in [-0.1, -0.05) is 63.3 Å². The van der Waals surface area contributed by atoms with Crippen LogP contribution in [0.2, 0.25) is 0 Å². The van der Waals surface area contributed by atoms with E-state index < -0.39 is 0 Å². The number of hydrogen-bond acceptors (Lipinski definition) is 0. The van der Waals surface area contributed by atoms with Crippen molar-refractivity contribution in [2.75, 3.05) is 0 Å². The van der Waals surface area contributed by atoms with Crippen molar-refractivity contribution in [2.24, 2.45) is 0 Å². The standard InChI is InChI=1S/C17H18/c1-17(2,3)15-11-10-13-7-4-6-12-8-5-9-14(15)16(12)13/h4-7,9-11H,8H2,1-3H3. The minimum Gasteiger partial charge on any atom is -0.0795 e. The van der Waals surface area contributed by atoms with Gasteiger partial charge in [0.05, 0.1) is 0 Å². The van der Waals surface area contributed by atoms with Crippen LogP contribution < -0.4 is 0 Å². The Morgan fingerprint density at radius 3 is 2.59 bits per heavy atom. The highest BCUT2D eigenvalue weighted by Crippen LogP contribution is 2.36. The monoisotopic (exact) mass is 222 g/mol. The Bertz CT molecular complexity index is 610. The van der Waals surface area contributed by atoms with E-state index in [2.05, 4.69) is 63.3 Å². The summed E-state index contributed by atoms with van der Waals surface area (Å²) in [5.41, 5.74) is 4.55. The Labute approximate surface area is 103 Å². The van der Waals surface area contributed by atoms with Gasteiger partial charge in [-0.2, -0.15) is 0 Å². The van der Waals surface area contributed by atoms with E-state index in [1.807, 2.05) is 0 Å². The second-order valence-corrected chi connectivity index (χ2v) is 5.90. The van der Waals surface area contributed by atoms with E-state index >= 15 is 0 Å². The van der Waals surface area contributed by atoms with E-state index in [1.54, 1.807) is 0 Å². The van der Waals surface area contributed by atoms with Crippen molar-refractivity contribution >= 4 is 16.8 Å². The van der Waals surface area contributed by atoms with Gasteiger partial charge in [-0.05, 0) is 39.3 Å². The summed E-state index contributed by atoms with van der Waals surface area (Å²) in [5, 5.41) is 2.83. The summed E-state index contributed by atoms with van der Waals surface area (Å²) in [5.74, 6) is 0. The predicted molar refractivity (Wildman–Crippen MR) is 75.4 cm³/mol. The van der Waals surface area contributed by atoms with Gasteiger partial charge in [0, 0.05) is 0 Å². The first kappa shape index (κ1) is 10.6. The average Bonchev–Trinajstić information content (AvgIpc) is 2.28. The fourth-order valence-electron chi connectivity index (χ4n) is 2.79. The van der Waals surface area contributed by atoms with E-state index in [9.17, 15) is 0 Å². The van der Waals surface area contributed by atoms with Crippen molar-refractivity contribution in [1.29, 1.82) is 0 Å². The number of allylic oxidation sites excluding steroid dienone is 1. The first-order valence-electron chi connectivity index (χ1n) is 6.29. The smallest absolute Gasteiger partial charge is 0.00733 e. The van der Waals surface area contributed by atoms with Crippen molar-refractivity contribution in [1.82, 2.24) is 0 Å². The van der Waals surface area contributed by atoms with E-state index in [1.165, 1.54) is 27.5 Å². The summed E-state index contributed by atoms with van der Waals surface area (Å²) in [6.07, 6.45) is 5.65. The molecule has 0 aliphatic heterocycles. The average molecular weight is 222 g/mol. The molecule has 0 aromatic heterocycles. The van der Waals surface area contributed by atoms with Crippen LogP contribution in [0, 0.1) is 0 Å². The molecule has 0 fully saturated rings. The highest BCUT2D eigenvalue weighted by molar-refractivity contribution is 5.96. The van der Waals surface area contributed by atoms with Crippen LogP contribution in [0.3, 0.4) is 0 Å². The first-order chi connectivity index (χ1) is 8.07. The summed E-state index contributed by atoms with van der Waals surface area (Å²) in [7, 11) is 0. The van der Waals surface area contributed by atoms with Crippen LogP contribution in [0.4, 0.5) is 0 Å². The van der Waals surface area contributed by atoms with Gasteiger partial charge in [0.2, 0.25) is 0 Å². The Kier molecular flexibility index (Phi) is 2.16. The Morgan fingerprint density at radius 1 is 1.00 bits per heavy atom. The molecule has 3 rings (SSSR count). The third kappa shape index (κ3) is 1.59. The van der Waals surface area contributed by atoms with E-state index in [-0.39, 0.29) is 5.41 Å². The topological polar surface area (TPSA) is 0 Å². The van der Waals surface area contributed by atoms with Crippen molar-refractivity contribution in [3.05, 3.63) is 53.1 Å². The molecule has 1 aliphatic carbocycles. The molecule has 0 spiro atoms. The molecule has 0 unspecified atom stereocenters. The van der Waals surface area contributed by atoms with Crippen molar-refractivity contribution < 1.29 is 0 Å². The molecule has 86 valence electrons. The fraction of sp³-hybridized carbons (Fsp3) is 0.294. The molecule has 0 amide bonds. The van der Waals surface area contributed by atoms with Crippen molar-refractivity contribution in [3.8, 4) is 0 Å². The summed E-state index contributed by atoms with van der Waals surface area (Å²) >= 11 is 0. The van der Waals surface area contributed by atoms with E-state index in [0.29, 0.717) is 0 Å². The summed E-state index contributed by atoms with van der Waals surface area (Å²) in [6.45, 7) is 6.86. The van der Waals surface area contributed by atoms with Crippen LogP contribution >= 0.6 is 0 Å². The molecular formula is C17H18. The molecule has 0 heteroatoms. The molecule has 0 bridgehead atoms. The minimum atomic E-state index is 0.207. The molecule has 0 nitrogen and oxygen atoms in total. The Balaban J connectivity index is 2.44. The molecular weight excluding hydrogens is 204 g/mol. The molecule has 0 N–H and O–H groups in total. The van der Waals surface area contributed by atoms with Crippen LogP contribution in [-0.4, -0.2) is 0 Å². The SMILES string of the molecule is CC(C)(C)c1ccc2cccc3c2c1C=CC3. The molecule has 0 saturated carbocycles. The zero-order chi connectivity index (χ0) is 12.0. The number of rotatable bonds is 0.